The predicted octanol–water partition coefficient (Wildman–Crippen LogP) is 3.73. The molecule has 1 aliphatic heterocycles. The number of anilines is 1. The van der Waals surface area contributed by atoms with Gasteiger partial charge in [0.15, 0.2) is 0 Å². The fraction of sp³-hybridized carbons (Fsp3) is 0.450. The molecule has 7 heteroatoms. The molecule has 0 atom stereocenters. The second-order valence-electron chi connectivity index (χ2n) is 6.96. The number of piperazine rings is 1. The SMILES string of the molecule is CSc1nc(C(C)C)nc(C)c1C(=O)N1CCN(c2ccc(F)cc2)CC1. The molecule has 144 valence electrons. The Labute approximate surface area is 164 Å². The van der Waals surface area contributed by atoms with Gasteiger partial charge in [-0.3, -0.25) is 4.79 Å². The number of hydrogen-bond acceptors (Lipinski definition) is 5. The molecule has 1 amide bonds. The summed E-state index contributed by atoms with van der Waals surface area (Å²) in [6.45, 7) is 8.66. The van der Waals surface area contributed by atoms with E-state index in [1.807, 2.05) is 18.1 Å². The van der Waals surface area contributed by atoms with E-state index in [0.717, 1.165) is 35.3 Å². The summed E-state index contributed by atoms with van der Waals surface area (Å²) in [4.78, 5) is 26.3. The van der Waals surface area contributed by atoms with Crippen molar-refractivity contribution in [2.75, 3.05) is 37.3 Å². The molecular weight excluding hydrogens is 363 g/mol. The molecule has 1 aliphatic rings. The van der Waals surface area contributed by atoms with E-state index in [-0.39, 0.29) is 17.6 Å². The van der Waals surface area contributed by atoms with E-state index in [2.05, 4.69) is 28.7 Å². The minimum Gasteiger partial charge on any atom is -0.368 e. The van der Waals surface area contributed by atoms with Crippen molar-refractivity contribution in [3.63, 3.8) is 0 Å². The normalized spacial score (nSPS) is 14.7. The second kappa shape index (κ2) is 8.25. The van der Waals surface area contributed by atoms with Gasteiger partial charge in [-0.2, -0.15) is 0 Å². The summed E-state index contributed by atoms with van der Waals surface area (Å²) in [5.41, 5.74) is 2.33. The minimum atomic E-state index is -0.238. The first kappa shape index (κ1) is 19.6. The number of thioether (sulfide) groups is 1. The maximum absolute atomic E-state index is 13.1. The largest absolute Gasteiger partial charge is 0.368 e. The third-order valence-corrected chi connectivity index (χ3v) is 5.44. The number of benzene rings is 1. The van der Waals surface area contributed by atoms with Gasteiger partial charge in [0.25, 0.3) is 5.91 Å². The Kier molecular flexibility index (Phi) is 5.99. The molecule has 0 radical (unpaired) electrons. The van der Waals surface area contributed by atoms with Crippen LogP contribution in [0.15, 0.2) is 29.3 Å². The smallest absolute Gasteiger partial charge is 0.258 e. The van der Waals surface area contributed by atoms with Crippen molar-refractivity contribution in [2.24, 2.45) is 0 Å². The van der Waals surface area contributed by atoms with Gasteiger partial charge < -0.3 is 9.80 Å². The van der Waals surface area contributed by atoms with E-state index in [4.69, 9.17) is 0 Å². The number of halogens is 1. The number of carbonyl (C=O) groups excluding carboxylic acids is 1. The van der Waals surface area contributed by atoms with E-state index in [9.17, 15) is 9.18 Å². The number of aryl methyl sites for hydroxylation is 1. The highest BCUT2D eigenvalue weighted by Gasteiger charge is 2.27. The first-order valence-electron chi connectivity index (χ1n) is 9.13. The van der Waals surface area contributed by atoms with Crippen LogP contribution in [0.5, 0.6) is 0 Å². The Balaban J connectivity index is 1.75. The molecular formula is C20H25FN4OS. The number of amides is 1. The molecule has 3 rings (SSSR count). The van der Waals surface area contributed by atoms with Crippen LogP contribution in [0.2, 0.25) is 0 Å². The predicted molar refractivity (Wildman–Crippen MR) is 107 cm³/mol. The summed E-state index contributed by atoms with van der Waals surface area (Å²) in [7, 11) is 0. The maximum Gasteiger partial charge on any atom is 0.258 e. The Hall–Kier alpha value is -2.15. The zero-order chi connectivity index (χ0) is 19.6. The van der Waals surface area contributed by atoms with Crippen LogP contribution in [0, 0.1) is 12.7 Å². The first-order valence-corrected chi connectivity index (χ1v) is 10.4. The van der Waals surface area contributed by atoms with Gasteiger partial charge in [-0.1, -0.05) is 13.8 Å². The first-order chi connectivity index (χ1) is 12.9. The van der Waals surface area contributed by atoms with E-state index in [1.165, 1.54) is 23.9 Å². The van der Waals surface area contributed by atoms with Crippen LogP contribution in [0.1, 0.15) is 41.6 Å². The molecule has 1 aromatic carbocycles. The van der Waals surface area contributed by atoms with Gasteiger partial charge in [-0.25, -0.2) is 14.4 Å². The van der Waals surface area contributed by atoms with Crippen molar-refractivity contribution in [3.8, 4) is 0 Å². The zero-order valence-electron chi connectivity index (χ0n) is 16.2. The van der Waals surface area contributed by atoms with Gasteiger partial charge in [0.2, 0.25) is 0 Å². The van der Waals surface area contributed by atoms with E-state index in [0.29, 0.717) is 18.7 Å². The van der Waals surface area contributed by atoms with Crippen LogP contribution in [0.3, 0.4) is 0 Å². The van der Waals surface area contributed by atoms with Gasteiger partial charge in [-0.05, 0) is 37.4 Å². The summed E-state index contributed by atoms with van der Waals surface area (Å²) in [6.07, 6.45) is 1.94. The number of carbonyl (C=O) groups is 1. The fourth-order valence-electron chi connectivity index (χ4n) is 3.20. The van der Waals surface area contributed by atoms with E-state index >= 15 is 0 Å². The minimum absolute atomic E-state index is 0.00841. The Morgan fingerprint density at radius 1 is 1.11 bits per heavy atom. The Morgan fingerprint density at radius 2 is 1.74 bits per heavy atom. The molecule has 1 aromatic heterocycles. The lowest BCUT2D eigenvalue weighted by molar-refractivity contribution is 0.0741. The number of rotatable bonds is 4. The molecule has 1 fully saturated rings. The summed E-state index contributed by atoms with van der Waals surface area (Å²) in [5, 5.41) is 0.747. The highest BCUT2D eigenvalue weighted by atomic mass is 32.2. The molecule has 0 aliphatic carbocycles. The summed E-state index contributed by atoms with van der Waals surface area (Å²) < 4.78 is 13.1. The van der Waals surface area contributed by atoms with Crippen molar-refractivity contribution in [1.82, 2.24) is 14.9 Å². The third-order valence-electron chi connectivity index (χ3n) is 4.76. The van der Waals surface area contributed by atoms with Crippen molar-refractivity contribution < 1.29 is 9.18 Å². The molecule has 0 bridgehead atoms. The van der Waals surface area contributed by atoms with E-state index in [1.54, 1.807) is 12.1 Å². The fourth-order valence-corrected chi connectivity index (χ4v) is 3.82. The lowest BCUT2D eigenvalue weighted by Crippen LogP contribution is -2.49. The molecule has 0 N–H and O–H groups in total. The van der Waals surface area contributed by atoms with Crippen LogP contribution in [0.25, 0.3) is 0 Å². The zero-order valence-corrected chi connectivity index (χ0v) is 17.0. The number of nitrogens with zero attached hydrogens (tertiary/aromatic N) is 4. The lowest BCUT2D eigenvalue weighted by Gasteiger charge is -2.36. The lowest BCUT2D eigenvalue weighted by atomic mass is 10.1. The third kappa shape index (κ3) is 4.24. The summed E-state index contributed by atoms with van der Waals surface area (Å²) in [6, 6.07) is 6.49. The number of hydrogen-bond donors (Lipinski definition) is 0. The highest BCUT2D eigenvalue weighted by molar-refractivity contribution is 7.98. The van der Waals surface area contributed by atoms with Crippen molar-refractivity contribution in [3.05, 3.63) is 47.2 Å². The van der Waals surface area contributed by atoms with Crippen molar-refractivity contribution >= 4 is 23.4 Å². The molecule has 0 unspecified atom stereocenters. The molecule has 27 heavy (non-hydrogen) atoms. The topological polar surface area (TPSA) is 49.3 Å². The Bertz CT molecular complexity index is 817. The standard InChI is InChI=1S/C20H25FN4OS/c1-13(2)18-22-14(3)17(19(23-18)27-4)20(26)25-11-9-24(10-12-25)16-7-5-15(21)6-8-16/h5-8,13H,9-12H2,1-4H3. The van der Waals surface area contributed by atoms with Crippen LogP contribution in [0.4, 0.5) is 10.1 Å². The summed E-state index contributed by atoms with van der Waals surface area (Å²) in [5.74, 6) is 0.746. The van der Waals surface area contributed by atoms with Crippen LogP contribution in [-0.2, 0) is 0 Å². The Morgan fingerprint density at radius 3 is 2.30 bits per heavy atom. The van der Waals surface area contributed by atoms with Crippen molar-refractivity contribution in [1.29, 1.82) is 0 Å². The van der Waals surface area contributed by atoms with Crippen LogP contribution < -0.4 is 4.90 Å². The number of aromatic nitrogens is 2. The van der Waals surface area contributed by atoms with Gasteiger partial charge in [0, 0.05) is 37.8 Å². The van der Waals surface area contributed by atoms with Crippen LogP contribution in [-0.4, -0.2) is 53.2 Å². The van der Waals surface area contributed by atoms with Gasteiger partial charge in [0.1, 0.15) is 16.7 Å². The average Bonchev–Trinajstić information content (AvgIpc) is 2.67. The maximum atomic E-state index is 13.1. The van der Waals surface area contributed by atoms with Gasteiger partial charge in [0.05, 0.1) is 11.3 Å². The molecule has 0 spiro atoms. The second-order valence-corrected chi connectivity index (χ2v) is 7.76. The van der Waals surface area contributed by atoms with Gasteiger partial charge >= 0.3 is 0 Å². The highest BCUT2D eigenvalue weighted by Crippen LogP contribution is 2.25. The van der Waals surface area contributed by atoms with Crippen molar-refractivity contribution in [2.45, 2.75) is 31.7 Å². The molecule has 5 nitrogen and oxygen atoms in total. The molecule has 2 heterocycles. The van der Waals surface area contributed by atoms with Crippen LogP contribution >= 0.6 is 11.8 Å². The van der Waals surface area contributed by atoms with Gasteiger partial charge in [-0.15, -0.1) is 11.8 Å². The molecule has 1 saturated heterocycles. The summed E-state index contributed by atoms with van der Waals surface area (Å²) >= 11 is 1.49. The molecule has 2 aromatic rings. The average molecular weight is 389 g/mol. The van der Waals surface area contributed by atoms with E-state index < -0.39 is 0 Å². The monoisotopic (exact) mass is 388 g/mol. The molecule has 0 saturated carbocycles. The quantitative estimate of drug-likeness (QED) is 0.590.